The summed E-state index contributed by atoms with van der Waals surface area (Å²) in [4.78, 5) is 12.7. The van der Waals surface area contributed by atoms with Crippen molar-refractivity contribution in [1.29, 1.82) is 0 Å². The molecule has 29 heavy (non-hydrogen) atoms. The largest absolute Gasteiger partial charge is 0.512 e. The van der Waals surface area contributed by atoms with Crippen LogP contribution in [0.25, 0.3) is 0 Å². The number of aliphatic hydroxyl groups excluding tert-OH is 1. The Kier molecular flexibility index (Phi) is 6.48. The highest BCUT2D eigenvalue weighted by Crippen LogP contribution is 2.61. The van der Waals surface area contributed by atoms with Gasteiger partial charge in [0.05, 0.1) is 11.5 Å². The number of nitrogens with one attached hydrogen (secondary N) is 1. The minimum atomic E-state index is -0.652. The zero-order valence-electron chi connectivity index (χ0n) is 19.0. The molecule has 1 aliphatic carbocycles. The van der Waals surface area contributed by atoms with E-state index in [1.807, 2.05) is 43.5 Å². The summed E-state index contributed by atoms with van der Waals surface area (Å²) in [5.74, 6) is 0.245. The van der Waals surface area contributed by atoms with Crippen molar-refractivity contribution in [3.63, 3.8) is 0 Å². The van der Waals surface area contributed by atoms with Gasteiger partial charge in [0.25, 0.3) is 0 Å². The van der Waals surface area contributed by atoms with E-state index in [4.69, 9.17) is 4.74 Å². The number of anilines is 1. The summed E-state index contributed by atoms with van der Waals surface area (Å²) in [6.45, 7) is 12.7. The third-order valence-electron chi connectivity index (χ3n) is 6.02. The zero-order chi connectivity index (χ0) is 22.0. The SMILES string of the molecule is CNc1ccc(C(=O)C=CC2=CC=C(O)C(C(C)(C)C)(C(C)(C)C)C2OC)cc1. The van der Waals surface area contributed by atoms with Crippen LogP contribution in [0.2, 0.25) is 0 Å². The molecule has 0 fully saturated rings. The van der Waals surface area contributed by atoms with E-state index in [0.717, 1.165) is 11.3 Å². The molecule has 2 N–H and O–H groups in total. The lowest BCUT2D eigenvalue weighted by atomic mass is 9.48. The fraction of sp³-hybridized carbons (Fsp3) is 0.480. The second-order valence-corrected chi connectivity index (χ2v) is 9.67. The van der Waals surface area contributed by atoms with Crippen molar-refractivity contribution >= 4 is 11.5 Å². The van der Waals surface area contributed by atoms with Gasteiger partial charge in [-0.3, -0.25) is 4.79 Å². The highest BCUT2D eigenvalue weighted by Gasteiger charge is 2.60. The number of ketones is 1. The summed E-state index contributed by atoms with van der Waals surface area (Å²) in [5, 5.41) is 14.1. The molecule has 0 aliphatic heterocycles. The van der Waals surface area contributed by atoms with Crippen LogP contribution in [0.5, 0.6) is 0 Å². The van der Waals surface area contributed by atoms with Crippen molar-refractivity contribution < 1.29 is 14.6 Å². The van der Waals surface area contributed by atoms with E-state index in [2.05, 4.69) is 46.9 Å². The van der Waals surface area contributed by atoms with Crippen LogP contribution >= 0.6 is 0 Å². The van der Waals surface area contributed by atoms with Gasteiger partial charge in [-0.2, -0.15) is 0 Å². The summed E-state index contributed by atoms with van der Waals surface area (Å²) in [7, 11) is 3.51. The fourth-order valence-electron chi connectivity index (χ4n) is 4.98. The Balaban J connectivity index is 2.45. The van der Waals surface area contributed by atoms with Crippen LogP contribution < -0.4 is 5.32 Å². The Morgan fingerprint density at radius 3 is 2.07 bits per heavy atom. The number of hydrogen-bond donors (Lipinski definition) is 2. The normalized spacial score (nSPS) is 19.7. The summed E-state index contributed by atoms with van der Waals surface area (Å²) in [6.07, 6.45) is 6.60. The molecular weight excluding hydrogens is 362 g/mol. The quantitative estimate of drug-likeness (QED) is 0.477. The van der Waals surface area contributed by atoms with Crippen LogP contribution in [0, 0.1) is 16.2 Å². The molecule has 0 aromatic heterocycles. The van der Waals surface area contributed by atoms with Gasteiger partial charge in [-0.1, -0.05) is 53.7 Å². The summed E-state index contributed by atoms with van der Waals surface area (Å²) in [5.41, 5.74) is 1.23. The van der Waals surface area contributed by atoms with Gasteiger partial charge in [0, 0.05) is 25.4 Å². The third-order valence-corrected chi connectivity index (χ3v) is 6.02. The maximum Gasteiger partial charge on any atom is 0.185 e. The molecule has 1 unspecified atom stereocenters. The molecule has 1 aliphatic rings. The number of aliphatic hydroxyl groups is 1. The van der Waals surface area contributed by atoms with Crippen molar-refractivity contribution in [3.05, 3.63) is 65.5 Å². The van der Waals surface area contributed by atoms with Crippen LogP contribution in [0.1, 0.15) is 51.9 Å². The predicted octanol–water partition coefficient (Wildman–Crippen LogP) is 5.94. The Morgan fingerprint density at radius 2 is 1.62 bits per heavy atom. The lowest BCUT2D eigenvalue weighted by Crippen LogP contribution is -2.57. The Morgan fingerprint density at radius 1 is 1.07 bits per heavy atom. The molecule has 0 radical (unpaired) electrons. The minimum absolute atomic E-state index is 0.0701. The zero-order valence-corrected chi connectivity index (χ0v) is 19.0. The highest BCUT2D eigenvalue weighted by atomic mass is 16.5. The topological polar surface area (TPSA) is 58.6 Å². The van der Waals surface area contributed by atoms with Crippen molar-refractivity contribution in [2.24, 2.45) is 16.2 Å². The average molecular weight is 398 g/mol. The molecular formula is C25H35NO3. The fourth-order valence-corrected chi connectivity index (χ4v) is 4.98. The number of carbonyl (C=O) groups excluding carboxylic acids is 1. The lowest BCUT2D eigenvalue weighted by Gasteiger charge is -2.57. The number of allylic oxidation sites excluding steroid dienone is 3. The van der Waals surface area contributed by atoms with Crippen molar-refractivity contribution in [2.45, 2.75) is 47.6 Å². The van der Waals surface area contributed by atoms with Crippen molar-refractivity contribution in [3.8, 4) is 0 Å². The molecule has 158 valence electrons. The Bertz CT molecular complexity index is 816. The second kappa shape index (κ2) is 8.19. The molecule has 1 atom stereocenters. The van der Waals surface area contributed by atoms with Crippen LogP contribution in [-0.2, 0) is 4.74 Å². The van der Waals surface area contributed by atoms with Crippen molar-refractivity contribution in [1.82, 2.24) is 0 Å². The molecule has 0 heterocycles. The second-order valence-electron chi connectivity index (χ2n) is 9.67. The van der Waals surface area contributed by atoms with Gasteiger partial charge < -0.3 is 15.2 Å². The first-order valence-corrected chi connectivity index (χ1v) is 10.0. The number of rotatable bonds is 5. The number of benzene rings is 1. The molecule has 2 rings (SSSR count). The van der Waals surface area contributed by atoms with E-state index in [1.165, 1.54) is 0 Å². The van der Waals surface area contributed by atoms with Gasteiger partial charge in [0.15, 0.2) is 5.78 Å². The monoisotopic (exact) mass is 397 g/mol. The van der Waals surface area contributed by atoms with Gasteiger partial charge in [0.1, 0.15) is 5.76 Å². The van der Waals surface area contributed by atoms with Gasteiger partial charge in [-0.15, -0.1) is 0 Å². The molecule has 1 aromatic rings. The standard InChI is InChI=1S/C25H35NO3/c1-23(2,3)25(24(4,5)6)21(28)16-12-18(22(25)29-8)11-15-20(27)17-9-13-19(26-7)14-10-17/h9-16,22,26,28H,1-8H3. The van der Waals surface area contributed by atoms with E-state index in [0.29, 0.717) is 11.3 Å². The third kappa shape index (κ3) is 4.04. The molecule has 0 amide bonds. The number of methoxy groups -OCH3 is 1. The number of carbonyl (C=O) groups is 1. The molecule has 1 aromatic carbocycles. The van der Waals surface area contributed by atoms with Gasteiger partial charge in [-0.25, -0.2) is 0 Å². The molecule has 0 saturated carbocycles. The minimum Gasteiger partial charge on any atom is -0.512 e. The first-order valence-electron chi connectivity index (χ1n) is 10.0. The van der Waals surface area contributed by atoms with E-state index in [-0.39, 0.29) is 22.7 Å². The summed E-state index contributed by atoms with van der Waals surface area (Å²) >= 11 is 0. The molecule has 0 saturated heterocycles. The number of ether oxygens (including phenoxy) is 1. The van der Waals surface area contributed by atoms with Crippen LogP contribution in [-0.4, -0.2) is 31.2 Å². The van der Waals surface area contributed by atoms with Crippen LogP contribution in [0.4, 0.5) is 5.69 Å². The number of hydrogen-bond acceptors (Lipinski definition) is 4. The highest BCUT2D eigenvalue weighted by molar-refractivity contribution is 6.04. The van der Waals surface area contributed by atoms with E-state index >= 15 is 0 Å². The first kappa shape index (κ1) is 23.0. The van der Waals surface area contributed by atoms with E-state index < -0.39 is 5.41 Å². The van der Waals surface area contributed by atoms with Gasteiger partial charge in [-0.05, 0) is 52.8 Å². The van der Waals surface area contributed by atoms with E-state index in [9.17, 15) is 9.90 Å². The van der Waals surface area contributed by atoms with Gasteiger partial charge in [0.2, 0.25) is 0 Å². The van der Waals surface area contributed by atoms with Gasteiger partial charge >= 0.3 is 0 Å². The molecule has 0 bridgehead atoms. The first-order chi connectivity index (χ1) is 13.4. The maximum absolute atomic E-state index is 12.7. The summed E-state index contributed by atoms with van der Waals surface area (Å²) in [6, 6.07) is 7.37. The van der Waals surface area contributed by atoms with E-state index in [1.54, 1.807) is 19.3 Å². The van der Waals surface area contributed by atoms with Crippen LogP contribution in [0.15, 0.2) is 59.9 Å². The predicted molar refractivity (Wildman–Crippen MR) is 120 cm³/mol. The smallest absolute Gasteiger partial charge is 0.185 e. The Labute approximate surface area is 175 Å². The molecule has 0 spiro atoms. The lowest BCUT2D eigenvalue weighted by molar-refractivity contribution is -0.122. The average Bonchev–Trinajstić information content (AvgIpc) is 2.64. The Hall–Kier alpha value is -2.33. The maximum atomic E-state index is 12.7. The molecule has 4 nitrogen and oxygen atoms in total. The molecule has 4 heteroatoms. The van der Waals surface area contributed by atoms with Crippen LogP contribution in [0.3, 0.4) is 0 Å². The summed E-state index contributed by atoms with van der Waals surface area (Å²) < 4.78 is 5.97. The van der Waals surface area contributed by atoms with Crippen molar-refractivity contribution in [2.75, 3.05) is 19.5 Å².